The van der Waals surface area contributed by atoms with Crippen LogP contribution in [-0.2, 0) is 0 Å². The Morgan fingerprint density at radius 3 is 2.00 bits per heavy atom. The topological polar surface area (TPSA) is 68.9 Å². The quantitative estimate of drug-likeness (QED) is 0.247. The second kappa shape index (κ2) is 12.7. The Labute approximate surface area is 196 Å². The summed E-state index contributed by atoms with van der Waals surface area (Å²) < 4.78 is 2.41. The first-order chi connectivity index (χ1) is 15.3. The Morgan fingerprint density at radius 2 is 1.45 bits per heavy atom. The number of nitrogen functional groups attached to an aromatic ring is 1. The fourth-order valence-electron chi connectivity index (χ4n) is 2.28. The van der Waals surface area contributed by atoms with Crippen molar-refractivity contribution in [1.29, 1.82) is 0 Å². The summed E-state index contributed by atoms with van der Waals surface area (Å²) >= 11 is 6.36. The molecule has 0 atom stereocenters. The Balaban J connectivity index is 0.000000121. The zero-order valence-electron chi connectivity index (χ0n) is 16.3. The smallest absolute Gasteiger partial charge is 0.181 e. The summed E-state index contributed by atoms with van der Waals surface area (Å²) in [6.07, 6.45) is 0.852. The molecule has 0 radical (unpaired) electrons. The Kier molecular flexibility index (Phi) is 9.33. The monoisotopic (exact) mass is 481 g/mol. The maximum atomic E-state index is 9.88. The molecule has 0 bridgehead atoms. The molecule has 8 heteroatoms. The Bertz CT molecular complexity index is 1190. The van der Waals surface area contributed by atoms with Crippen molar-refractivity contribution < 1.29 is 4.79 Å². The number of aromatic nitrogens is 2. The van der Waals surface area contributed by atoms with Crippen LogP contribution < -0.4 is 5.73 Å². The van der Waals surface area contributed by atoms with E-state index in [0.717, 1.165) is 26.9 Å². The van der Waals surface area contributed by atoms with Gasteiger partial charge in [0.15, 0.2) is 11.4 Å². The summed E-state index contributed by atoms with van der Waals surface area (Å²) in [6.45, 7) is 0. The zero-order valence-corrected chi connectivity index (χ0v) is 19.6. The Morgan fingerprint density at radius 1 is 0.742 bits per heavy atom. The van der Waals surface area contributed by atoms with Crippen LogP contribution in [0.25, 0.3) is 20.4 Å². The van der Waals surface area contributed by atoms with Crippen molar-refractivity contribution in [3.05, 3.63) is 99.3 Å². The minimum Gasteiger partial charge on any atom is -0.375 e. The molecule has 31 heavy (non-hydrogen) atoms. The highest BCUT2D eigenvalue weighted by atomic mass is 32.1. The summed E-state index contributed by atoms with van der Waals surface area (Å²) in [7, 11) is 0. The molecule has 6 aromatic rings. The van der Waals surface area contributed by atoms with Gasteiger partial charge in [-0.1, -0.05) is 53.8 Å². The van der Waals surface area contributed by atoms with Gasteiger partial charge in [-0.05, 0) is 46.5 Å². The van der Waals surface area contributed by atoms with Crippen LogP contribution in [0, 0.1) is 0 Å². The van der Waals surface area contributed by atoms with E-state index in [4.69, 9.17) is 5.73 Å². The van der Waals surface area contributed by atoms with E-state index in [0.29, 0.717) is 5.13 Å². The van der Waals surface area contributed by atoms with E-state index in [-0.39, 0.29) is 0 Å². The SMILES string of the molecule is Nc1nc2ccccc2s1.O=Cc1cccs1.c1ccc2scnc2c1.c1ccsc1. The number of hydrogen-bond donors (Lipinski definition) is 1. The molecule has 0 saturated heterocycles. The van der Waals surface area contributed by atoms with Crippen LogP contribution in [0.1, 0.15) is 9.67 Å². The lowest BCUT2D eigenvalue weighted by Gasteiger charge is -1.80. The van der Waals surface area contributed by atoms with Crippen LogP contribution in [0.4, 0.5) is 5.13 Å². The highest BCUT2D eigenvalue weighted by molar-refractivity contribution is 7.22. The summed E-state index contributed by atoms with van der Waals surface area (Å²) in [5, 5.41) is 6.60. The van der Waals surface area contributed by atoms with Gasteiger partial charge in [0.05, 0.1) is 30.8 Å². The highest BCUT2D eigenvalue weighted by Crippen LogP contribution is 2.22. The van der Waals surface area contributed by atoms with E-state index >= 15 is 0 Å². The lowest BCUT2D eigenvalue weighted by atomic mass is 10.3. The minimum atomic E-state index is 0.640. The van der Waals surface area contributed by atoms with Crippen molar-refractivity contribution in [2.75, 3.05) is 5.73 Å². The van der Waals surface area contributed by atoms with E-state index in [1.54, 1.807) is 28.7 Å². The molecule has 0 aliphatic heterocycles. The molecule has 4 nitrogen and oxygen atoms in total. The molecule has 2 aromatic carbocycles. The lowest BCUT2D eigenvalue weighted by Crippen LogP contribution is -1.78. The molecule has 6 rings (SSSR count). The molecule has 0 spiro atoms. The van der Waals surface area contributed by atoms with Crippen LogP contribution in [0.2, 0.25) is 0 Å². The van der Waals surface area contributed by atoms with Gasteiger partial charge in [0.2, 0.25) is 0 Å². The number of nitrogens with zero attached hydrogens (tertiary/aromatic N) is 2. The van der Waals surface area contributed by atoms with Crippen LogP contribution in [0.5, 0.6) is 0 Å². The third-order valence-electron chi connectivity index (χ3n) is 3.63. The molecule has 156 valence electrons. The van der Waals surface area contributed by atoms with Crippen molar-refractivity contribution >= 4 is 77.2 Å². The second-order valence-electron chi connectivity index (χ2n) is 5.77. The van der Waals surface area contributed by atoms with Gasteiger partial charge >= 0.3 is 0 Å². The molecule has 4 heterocycles. The van der Waals surface area contributed by atoms with Gasteiger partial charge in [-0.3, -0.25) is 4.79 Å². The van der Waals surface area contributed by atoms with E-state index in [1.807, 2.05) is 82.3 Å². The van der Waals surface area contributed by atoms with Crippen LogP contribution in [0.3, 0.4) is 0 Å². The fourth-order valence-corrected chi connectivity index (χ4v) is 4.67. The summed E-state index contributed by atoms with van der Waals surface area (Å²) in [5.74, 6) is 0. The molecule has 0 fully saturated rings. The average molecular weight is 482 g/mol. The Hall–Kier alpha value is -2.91. The number of carbonyl (C=O) groups is 1. The number of hydrogen-bond acceptors (Lipinski definition) is 8. The first-order valence-corrected chi connectivity index (χ1v) is 12.6. The van der Waals surface area contributed by atoms with E-state index in [9.17, 15) is 4.79 Å². The summed E-state index contributed by atoms with van der Waals surface area (Å²) in [6, 6.07) is 23.7. The number of benzene rings is 2. The van der Waals surface area contributed by atoms with Crippen molar-refractivity contribution in [3.63, 3.8) is 0 Å². The molecule has 0 unspecified atom stereocenters. The first kappa shape index (κ1) is 22.8. The average Bonchev–Trinajstić information content (AvgIpc) is 3.62. The second-order valence-corrected chi connectivity index (χ2v) is 9.51. The molecule has 0 aliphatic rings. The maximum Gasteiger partial charge on any atom is 0.181 e. The first-order valence-electron chi connectivity index (χ1n) is 9.11. The van der Waals surface area contributed by atoms with Crippen molar-refractivity contribution in [2.45, 2.75) is 0 Å². The number of para-hydroxylation sites is 2. The largest absolute Gasteiger partial charge is 0.375 e. The number of carbonyl (C=O) groups excluding carboxylic acids is 1. The number of nitrogens with two attached hydrogens (primary N) is 1. The van der Waals surface area contributed by atoms with Gasteiger partial charge in [-0.15, -0.1) is 22.7 Å². The molecular formula is C23H19N3OS4. The van der Waals surface area contributed by atoms with Crippen molar-refractivity contribution in [2.24, 2.45) is 0 Å². The standard InChI is InChI=1S/C7H6N2S.C7H5NS.C5H4OS.C4H4S/c8-7-9-5-3-1-2-4-6(5)10-7;1-2-4-7-6(3-1)8-5-9-7;6-4-5-2-1-3-7-5;1-2-4-5-3-1/h1-4H,(H2,8,9);1-5H;1-4H;1-4H. The van der Waals surface area contributed by atoms with Crippen LogP contribution in [0.15, 0.2) is 94.4 Å². The van der Waals surface area contributed by atoms with Gasteiger partial charge in [-0.2, -0.15) is 11.3 Å². The molecule has 0 aliphatic carbocycles. The number of thiophene rings is 2. The van der Waals surface area contributed by atoms with Gasteiger partial charge in [0, 0.05) is 0 Å². The van der Waals surface area contributed by atoms with Gasteiger partial charge in [-0.25, -0.2) is 9.97 Å². The number of thiazole rings is 2. The van der Waals surface area contributed by atoms with Gasteiger partial charge in [0.25, 0.3) is 0 Å². The zero-order chi connectivity index (χ0) is 21.7. The summed E-state index contributed by atoms with van der Waals surface area (Å²) in [5.41, 5.74) is 9.45. The molecule has 2 N–H and O–H groups in total. The number of fused-ring (bicyclic) bond motifs is 2. The number of rotatable bonds is 1. The highest BCUT2D eigenvalue weighted by Gasteiger charge is 1.96. The normalized spacial score (nSPS) is 9.55. The third-order valence-corrected chi connectivity index (χ3v) is 6.73. The van der Waals surface area contributed by atoms with Gasteiger partial charge < -0.3 is 5.73 Å². The van der Waals surface area contributed by atoms with Crippen LogP contribution >= 0.6 is 45.3 Å². The van der Waals surface area contributed by atoms with Crippen LogP contribution in [-0.4, -0.2) is 16.3 Å². The van der Waals surface area contributed by atoms with E-state index in [1.165, 1.54) is 27.4 Å². The molecule has 0 saturated carbocycles. The third kappa shape index (κ3) is 7.69. The minimum absolute atomic E-state index is 0.640. The number of anilines is 1. The summed E-state index contributed by atoms with van der Waals surface area (Å²) in [4.78, 5) is 18.9. The predicted octanol–water partition coefficient (Wildman–Crippen LogP) is 7.48. The number of aldehydes is 1. The maximum absolute atomic E-state index is 9.88. The predicted molar refractivity (Wildman–Crippen MR) is 138 cm³/mol. The van der Waals surface area contributed by atoms with E-state index in [2.05, 4.69) is 16.0 Å². The van der Waals surface area contributed by atoms with Gasteiger partial charge in [0.1, 0.15) is 0 Å². The van der Waals surface area contributed by atoms with Crippen molar-refractivity contribution in [1.82, 2.24) is 9.97 Å². The molecular weight excluding hydrogens is 463 g/mol. The molecule has 0 amide bonds. The fraction of sp³-hybridized carbons (Fsp3) is 0. The molecule has 4 aromatic heterocycles. The van der Waals surface area contributed by atoms with E-state index < -0.39 is 0 Å². The lowest BCUT2D eigenvalue weighted by molar-refractivity contribution is 0.112. The van der Waals surface area contributed by atoms with Crippen molar-refractivity contribution in [3.8, 4) is 0 Å².